The second-order valence-corrected chi connectivity index (χ2v) is 6.68. The predicted octanol–water partition coefficient (Wildman–Crippen LogP) is 5.84. The van der Waals surface area contributed by atoms with Gasteiger partial charge in [-0.25, -0.2) is 4.98 Å². The van der Waals surface area contributed by atoms with Crippen LogP contribution in [0.25, 0.3) is 11.3 Å². The summed E-state index contributed by atoms with van der Waals surface area (Å²) < 4.78 is 0.967. The van der Waals surface area contributed by atoms with E-state index in [0.717, 1.165) is 27.4 Å². The highest BCUT2D eigenvalue weighted by molar-refractivity contribution is 9.10. The molecule has 0 amide bonds. The van der Waals surface area contributed by atoms with Crippen LogP contribution in [-0.2, 0) is 6.54 Å². The van der Waals surface area contributed by atoms with Crippen molar-refractivity contribution in [2.45, 2.75) is 6.54 Å². The number of nitrogens with one attached hydrogen (secondary N) is 1. The maximum absolute atomic E-state index is 6.26. The molecule has 0 atom stereocenters. The van der Waals surface area contributed by atoms with E-state index in [0.29, 0.717) is 5.02 Å². The molecule has 106 valence electrons. The molecular weight excluding hydrogens is 368 g/mol. The summed E-state index contributed by atoms with van der Waals surface area (Å²) in [6.07, 6.45) is 0. The molecule has 0 saturated carbocycles. The first-order valence-corrected chi connectivity index (χ1v) is 8.46. The second-order valence-electron chi connectivity index (χ2n) is 4.50. The molecule has 1 aromatic heterocycles. The molecule has 3 aromatic rings. The highest BCUT2D eigenvalue weighted by atomic mass is 79.9. The molecule has 5 heteroatoms. The van der Waals surface area contributed by atoms with Gasteiger partial charge in [0.25, 0.3) is 0 Å². The Labute approximate surface area is 140 Å². The van der Waals surface area contributed by atoms with Crippen molar-refractivity contribution >= 4 is 44.0 Å². The van der Waals surface area contributed by atoms with Gasteiger partial charge in [-0.2, -0.15) is 0 Å². The average Bonchev–Trinajstić information content (AvgIpc) is 2.95. The summed E-state index contributed by atoms with van der Waals surface area (Å²) in [5.74, 6) is 0. The zero-order valence-electron chi connectivity index (χ0n) is 11.0. The molecule has 2 nitrogen and oxygen atoms in total. The Kier molecular flexibility index (Phi) is 4.58. The van der Waals surface area contributed by atoms with Crippen molar-refractivity contribution in [2.24, 2.45) is 0 Å². The molecule has 0 spiro atoms. The standard InChI is InChI=1S/C16H12BrClN2S/c17-12-6-7-13(14(18)8-12)15-10-21-16(20-15)19-9-11-4-2-1-3-5-11/h1-8,10H,9H2,(H,19,20). The third-order valence-corrected chi connectivity index (χ3v) is 4.60. The number of hydrogen-bond acceptors (Lipinski definition) is 3. The Morgan fingerprint density at radius 3 is 2.71 bits per heavy atom. The van der Waals surface area contributed by atoms with Crippen LogP contribution in [-0.4, -0.2) is 4.98 Å². The van der Waals surface area contributed by atoms with Crippen LogP contribution in [0.1, 0.15) is 5.56 Å². The van der Waals surface area contributed by atoms with Crippen LogP contribution in [0.15, 0.2) is 58.4 Å². The van der Waals surface area contributed by atoms with Gasteiger partial charge in [0.15, 0.2) is 5.13 Å². The third kappa shape index (κ3) is 3.64. The van der Waals surface area contributed by atoms with Gasteiger partial charge in [-0.1, -0.05) is 63.9 Å². The van der Waals surface area contributed by atoms with E-state index in [-0.39, 0.29) is 0 Å². The summed E-state index contributed by atoms with van der Waals surface area (Å²) in [6.45, 7) is 0.766. The van der Waals surface area contributed by atoms with Crippen LogP contribution in [0.2, 0.25) is 5.02 Å². The van der Waals surface area contributed by atoms with Gasteiger partial charge in [0, 0.05) is 22.0 Å². The number of benzene rings is 2. The molecule has 1 heterocycles. The third-order valence-electron chi connectivity index (χ3n) is 3.00. The summed E-state index contributed by atoms with van der Waals surface area (Å²) >= 11 is 11.3. The summed E-state index contributed by atoms with van der Waals surface area (Å²) in [4.78, 5) is 4.59. The molecule has 0 bridgehead atoms. The van der Waals surface area contributed by atoms with E-state index in [9.17, 15) is 0 Å². The minimum atomic E-state index is 0.698. The van der Waals surface area contributed by atoms with Crippen LogP contribution in [0, 0.1) is 0 Å². The molecular formula is C16H12BrClN2S. The summed E-state index contributed by atoms with van der Waals surface area (Å²) in [7, 11) is 0. The van der Waals surface area contributed by atoms with Crippen molar-refractivity contribution in [3.8, 4) is 11.3 Å². The van der Waals surface area contributed by atoms with Gasteiger partial charge in [-0.05, 0) is 17.7 Å². The van der Waals surface area contributed by atoms with E-state index in [4.69, 9.17) is 11.6 Å². The maximum Gasteiger partial charge on any atom is 0.183 e. The first kappa shape index (κ1) is 14.6. The van der Waals surface area contributed by atoms with Crippen molar-refractivity contribution in [3.05, 3.63) is 69.0 Å². The molecule has 0 radical (unpaired) electrons. The fourth-order valence-corrected chi connectivity index (χ4v) is 3.43. The predicted molar refractivity (Wildman–Crippen MR) is 94.0 cm³/mol. The largest absolute Gasteiger partial charge is 0.357 e. The van der Waals surface area contributed by atoms with E-state index in [1.54, 1.807) is 11.3 Å². The quantitative estimate of drug-likeness (QED) is 0.616. The van der Waals surface area contributed by atoms with Gasteiger partial charge >= 0.3 is 0 Å². The van der Waals surface area contributed by atoms with Crippen LogP contribution < -0.4 is 5.32 Å². The fourth-order valence-electron chi connectivity index (χ4n) is 1.95. The lowest BCUT2D eigenvalue weighted by atomic mass is 10.2. The van der Waals surface area contributed by atoms with Crippen LogP contribution in [0.4, 0.5) is 5.13 Å². The van der Waals surface area contributed by atoms with Crippen molar-refractivity contribution in [1.82, 2.24) is 4.98 Å². The maximum atomic E-state index is 6.26. The van der Waals surface area contributed by atoms with Gasteiger partial charge in [-0.3, -0.25) is 0 Å². The van der Waals surface area contributed by atoms with E-state index in [2.05, 4.69) is 38.4 Å². The van der Waals surface area contributed by atoms with Gasteiger partial charge in [-0.15, -0.1) is 11.3 Å². The molecule has 0 aliphatic heterocycles. The van der Waals surface area contributed by atoms with Crippen LogP contribution >= 0.6 is 38.9 Å². The average molecular weight is 380 g/mol. The highest BCUT2D eigenvalue weighted by Crippen LogP contribution is 2.32. The lowest BCUT2D eigenvalue weighted by molar-refractivity contribution is 1.14. The number of halogens is 2. The Bertz CT molecular complexity index is 743. The van der Waals surface area contributed by atoms with Crippen LogP contribution in [0.3, 0.4) is 0 Å². The molecule has 0 fully saturated rings. The van der Waals surface area contributed by atoms with Gasteiger partial charge in [0.2, 0.25) is 0 Å². The van der Waals surface area contributed by atoms with E-state index >= 15 is 0 Å². The Morgan fingerprint density at radius 1 is 1.14 bits per heavy atom. The number of nitrogens with zero attached hydrogens (tertiary/aromatic N) is 1. The van der Waals surface area contributed by atoms with Gasteiger partial charge in [0.05, 0.1) is 10.7 Å². The van der Waals surface area contributed by atoms with Crippen molar-refractivity contribution in [3.63, 3.8) is 0 Å². The number of aromatic nitrogens is 1. The topological polar surface area (TPSA) is 24.9 Å². The van der Waals surface area contributed by atoms with Crippen LogP contribution in [0.5, 0.6) is 0 Å². The minimum absolute atomic E-state index is 0.698. The number of anilines is 1. The first-order valence-electron chi connectivity index (χ1n) is 6.41. The Morgan fingerprint density at radius 2 is 1.95 bits per heavy atom. The van der Waals surface area contributed by atoms with Crippen molar-refractivity contribution in [2.75, 3.05) is 5.32 Å². The normalized spacial score (nSPS) is 10.6. The molecule has 0 saturated heterocycles. The lowest BCUT2D eigenvalue weighted by Gasteiger charge is -2.03. The smallest absolute Gasteiger partial charge is 0.183 e. The molecule has 0 unspecified atom stereocenters. The Hall–Kier alpha value is -1.36. The van der Waals surface area contributed by atoms with Gasteiger partial charge < -0.3 is 5.32 Å². The van der Waals surface area contributed by atoms with Gasteiger partial charge in [0.1, 0.15) is 0 Å². The lowest BCUT2D eigenvalue weighted by Crippen LogP contribution is -1.98. The summed E-state index contributed by atoms with van der Waals surface area (Å²) in [6, 6.07) is 16.1. The van der Waals surface area contributed by atoms with Crippen molar-refractivity contribution < 1.29 is 0 Å². The molecule has 0 aliphatic carbocycles. The molecule has 0 aliphatic rings. The molecule has 2 aromatic carbocycles. The summed E-state index contributed by atoms with van der Waals surface area (Å²) in [5, 5.41) is 6.95. The number of hydrogen-bond donors (Lipinski definition) is 1. The fraction of sp³-hybridized carbons (Fsp3) is 0.0625. The zero-order valence-corrected chi connectivity index (χ0v) is 14.2. The number of rotatable bonds is 4. The van der Waals surface area contributed by atoms with E-state index in [1.165, 1.54) is 5.56 Å². The highest BCUT2D eigenvalue weighted by Gasteiger charge is 2.08. The van der Waals surface area contributed by atoms with E-state index in [1.807, 2.05) is 41.8 Å². The monoisotopic (exact) mass is 378 g/mol. The number of thiazole rings is 1. The Balaban J connectivity index is 1.74. The molecule has 3 rings (SSSR count). The zero-order chi connectivity index (χ0) is 14.7. The molecule has 1 N–H and O–H groups in total. The summed E-state index contributed by atoms with van der Waals surface area (Å²) in [5.41, 5.74) is 3.08. The minimum Gasteiger partial charge on any atom is -0.357 e. The molecule has 21 heavy (non-hydrogen) atoms. The first-order chi connectivity index (χ1) is 10.2. The van der Waals surface area contributed by atoms with E-state index < -0.39 is 0 Å². The second kappa shape index (κ2) is 6.60. The van der Waals surface area contributed by atoms with Crippen molar-refractivity contribution in [1.29, 1.82) is 0 Å². The SMILES string of the molecule is Clc1cc(Br)ccc1-c1csc(NCc2ccccc2)n1.